The van der Waals surface area contributed by atoms with E-state index in [1.54, 1.807) is 12.1 Å². The van der Waals surface area contributed by atoms with Crippen molar-refractivity contribution >= 4 is 23.4 Å². The molecule has 2 saturated heterocycles. The van der Waals surface area contributed by atoms with Gasteiger partial charge in [0.25, 0.3) is 0 Å². The first-order valence-corrected chi connectivity index (χ1v) is 9.18. The number of carbonyl (C=O) groups excluding carboxylic acids is 2. The third-order valence-corrected chi connectivity index (χ3v) is 5.04. The highest BCUT2D eigenvalue weighted by atomic mass is 35.5. The maximum atomic E-state index is 12.5. The van der Waals surface area contributed by atoms with Crippen LogP contribution in [0.5, 0.6) is 5.75 Å². The minimum atomic E-state index is 0.0688. The number of rotatable bonds is 5. The van der Waals surface area contributed by atoms with Crippen molar-refractivity contribution in [2.24, 2.45) is 0 Å². The van der Waals surface area contributed by atoms with E-state index in [1.807, 2.05) is 21.9 Å². The predicted molar refractivity (Wildman–Crippen MR) is 95.7 cm³/mol. The summed E-state index contributed by atoms with van der Waals surface area (Å²) in [6, 6.07) is 7.38. The molecular weight excluding hydrogens is 342 g/mol. The maximum absolute atomic E-state index is 12.5. The highest BCUT2D eigenvalue weighted by Crippen LogP contribution is 2.23. The van der Waals surface area contributed by atoms with Gasteiger partial charge >= 0.3 is 0 Å². The standard InChI is InChI=1S/C18H24ClN3O3/c19-15-5-1-2-6-16(15)25-11-7-17(23)21-9-3-4-14(13-21)22-10-8-20-12-18(22)24/h1-2,5-6,14,20H,3-4,7-13H2. The monoisotopic (exact) mass is 365 g/mol. The van der Waals surface area contributed by atoms with Gasteiger partial charge in [-0.1, -0.05) is 23.7 Å². The van der Waals surface area contributed by atoms with Crippen LogP contribution in [-0.4, -0.2) is 67.0 Å². The molecule has 2 aliphatic heterocycles. The van der Waals surface area contributed by atoms with Gasteiger partial charge in [0.15, 0.2) is 0 Å². The van der Waals surface area contributed by atoms with Crippen molar-refractivity contribution in [1.82, 2.24) is 15.1 Å². The molecule has 1 N–H and O–H groups in total. The van der Waals surface area contributed by atoms with Crippen LogP contribution in [0.4, 0.5) is 0 Å². The second-order valence-corrected chi connectivity index (χ2v) is 6.84. The summed E-state index contributed by atoms with van der Waals surface area (Å²) in [7, 11) is 0. The molecule has 3 rings (SSSR count). The van der Waals surface area contributed by atoms with Gasteiger partial charge in [0, 0.05) is 32.2 Å². The van der Waals surface area contributed by atoms with Gasteiger partial charge in [-0.3, -0.25) is 9.59 Å². The highest BCUT2D eigenvalue weighted by molar-refractivity contribution is 6.32. The fraction of sp³-hybridized carbons (Fsp3) is 0.556. The van der Waals surface area contributed by atoms with Crippen LogP contribution < -0.4 is 10.1 Å². The molecule has 0 bridgehead atoms. The molecule has 25 heavy (non-hydrogen) atoms. The Kier molecular flexibility index (Phi) is 6.15. The Bertz CT molecular complexity index is 625. The zero-order chi connectivity index (χ0) is 17.6. The molecule has 2 fully saturated rings. The second kappa shape index (κ2) is 8.54. The van der Waals surface area contributed by atoms with E-state index in [0.717, 1.165) is 32.5 Å². The van der Waals surface area contributed by atoms with Gasteiger partial charge in [-0.15, -0.1) is 0 Å². The number of para-hydroxylation sites is 1. The van der Waals surface area contributed by atoms with Crippen LogP contribution in [0, 0.1) is 0 Å². The fourth-order valence-electron chi connectivity index (χ4n) is 3.41. The van der Waals surface area contributed by atoms with E-state index in [9.17, 15) is 9.59 Å². The van der Waals surface area contributed by atoms with E-state index in [-0.39, 0.29) is 17.9 Å². The summed E-state index contributed by atoms with van der Waals surface area (Å²) in [5, 5.41) is 3.63. The minimum absolute atomic E-state index is 0.0688. The number of benzene rings is 1. The fourth-order valence-corrected chi connectivity index (χ4v) is 3.60. The summed E-state index contributed by atoms with van der Waals surface area (Å²) in [5.74, 6) is 0.798. The number of carbonyl (C=O) groups is 2. The summed E-state index contributed by atoms with van der Waals surface area (Å²) in [6.07, 6.45) is 2.21. The first-order valence-electron chi connectivity index (χ1n) is 8.80. The summed E-state index contributed by atoms with van der Waals surface area (Å²) in [5.41, 5.74) is 0. The van der Waals surface area contributed by atoms with Gasteiger partial charge in [0.2, 0.25) is 11.8 Å². The molecule has 0 saturated carbocycles. The highest BCUT2D eigenvalue weighted by Gasteiger charge is 2.31. The Morgan fingerprint density at radius 2 is 2.16 bits per heavy atom. The summed E-state index contributed by atoms with van der Waals surface area (Å²) in [4.78, 5) is 28.3. The number of nitrogens with zero attached hydrogens (tertiary/aromatic N) is 2. The Balaban J connectivity index is 1.48. The predicted octanol–water partition coefficient (Wildman–Crippen LogP) is 1.53. The van der Waals surface area contributed by atoms with Crippen LogP contribution in [0.3, 0.4) is 0 Å². The molecule has 6 nitrogen and oxygen atoms in total. The van der Waals surface area contributed by atoms with Crippen molar-refractivity contribution in [3.05, 3.63) is 29.3 Å². The normalized spacial score (nSPS) is 21.3. The van der Waals surface area contributed by atoms with Crippen molar-refractivity contribution in [2.75, 3.05) is 39.3 Å². The molecule has 1 atom stereocenters. The number of amides is 2. The van der Waals surface area contributed by atoms with Gasteiger partial charge in [0.05, 0.1) is 24.6 Å². The number of piperidine rings is 1. The molecule has 136 valence electrons. The minimum Gasteiger partial charge on any atom is -0.491 e. The van der Waals surface area contributed by atoms with Crippen LogP contribution in [-0.2, 0) is 9.59 Å². The van der Waals surface area contributed by atoms with Crippen molar-refractivity contribution in [2.45, 2.75) is 25.3 Å². The topological polar surface area (TPSA) is 61.9 Å². The lowest BCUT2D eigenvalue weighted by atomic mass is 10.0. The lowest BCUT2D eigenvalue weighted by Crippen LogP contribution is -2.57. The van der Waals surface area contributed by atoms with Crippen LogP contribution in [0.2, 0.25) is 5.02 Å². The van der Waals surface area contributed by atoms with E-state index in [2.05, 4.69) is 5.32 Å². The number of halogens is 1. The molecule has 2 aliphatic rings. The van der Waals surface area contributed by atoms with Crippen molar-refractivity contribution in [1.29, 1.82) is 0 Å². The van der Waals surface area contributed by atoms with Gasteiger partial charge in [-0.25, -0.2) is 0 Å². The second-order valence-electron chi connectivity index (χ2n) is 6.43. The molecule has 0 aliphatic carbocycles. The third kappa shape index (κ3) is 4.64. The molecule has 1 aromatic carbocycles. The quantitative estimate of drug-likeness (QED) is 0.859. The summed E-state index contributed by atoms with van der Waals surface area (Å²) < 4.78 is 5.61. The maximum Gasteiger partial charge on any atom is 0.236 e. The number of nitrogens with one attached hydrogen (secondary N) is 1. The van der Waals surface area contributed by atoms with Crippen molar-refractivity contribution < 1.29 is 14.3 Å². The summed E-state index contributed by atoms with van der Waals surface area (Å²) >= 11 is 6.04. The van der Waals surface area contributed by atoms with Crippen molar-refractivity contribution in [3.63, 3.8) is 0 Å². The first kappa shape index (κ1) is 18.0. The molecule has 1 aromatic rings. The van der Waals surface area contributed by atoms with Crippen LogP contribution in [0.25, 0.3) is 0 Å². The van der Waals surface area contributed by atoms with Gasteiger partial charge in [-0.05, 0) is 25.0 Å². The molecule has 0 radical (unpaired) electrons. The zero-order valence-electron chi connectivity index (χ0n) is 14.2. The largest absolute Gasteiger partial charge is 0.491 e. The Labute approximate surface area is 153 Å². The zero-order valence-corrected chi connectivity index (χ0v) is 15.0. The number of piperazine rings is 1. The SMILES string of the molecule is O=C(CCOc1ccccc1Cl)N1CCCC(N2CCNCC2=O)C1. The van der Waals surface area contributed by atoms with Crippen molar-refractivity contribution in [3.8, 4) is 5.75 Å². The molecule has 2 amide bonds. The molecule has 0 aromatic heterocycles. The number of hydrogen-bond donors (Lipinski definition) is 1. The van der Waals surface area contributed by atoms with E-state index in [4.69, 9.17) is 16.3 Å². The van der Waals surface area contributed by atoms with Gasteiger partial charge in [0.1, 0.15) is 5.75 Å². The van der Waals surface area contributed by atoms with Crippen LogP contribution in [0.15, 0.2) is 24.3 Å². The number of hydrogen-bond acceptors (Lipinski definition) is 4. The molecule has 0 spiro atoms. The van der Waals surface area contributed by atoms with E-state index in [1.165, 1.54) is 0 Å². The molecule has 7 heteroatoms. The van der Waals surface area contributed by atoms with E-state index in [0.29, 0.717) is 36.9 Å². The van der Waals surface area contributed by atoms with E-state index >= 15 is 0 Å². The number of likely N-dealkylation sites (tertiary alicyclic amines) is 1. The van der Waals surface area contributed by atoms with E-state index < -0.39 is 0 Å². The smallest absolute Gasteiger partial charge is 0.236 e. The van der Waals surface area contributed by atoms with Gasteiger partial charge < -0.3 is 19.9 Å². The lowest BCUT2D eigenvalue weighted by molar-refractivity contribution is -0.140. The number of ether oxygens (including phenoxy) is 1. The summed E-state index contributed by atoms with van der Waals surface area (Å²) in [6.45, 7) is 3.62. The Hall–Kier alpha value is -1.79. The average molecular weight is 366 g/mol. The van der Waals surface area contributed by atoms with Gasteiger partial charge in [-0.2, -0.15) is 0 Å². The van der Waals surface area contributed by atoms with Crippen LogP contribution >= 0.6 is 11.6 Å². The Morgan fingerprint density at radius 3 is 2.96 bits per heavy atom. The first-order chi connectivity index (χ1) is 12.1. The molecule has 1 unspecified atom stereocenters. The average Bonchev–Trinajstić information content (AvgIpc) is 2.64. The van der Waals surface area contributed by atoms with Crippen LogP contribution in [0.1, 0.15) is 19.3 Å². The molecule has 2 heterocycles. The Morgan fingerprint density at radius 1 is 1.32 bits per heavy atom. The lowest BCUT2D eigenvalue weighted by Gasteiger charge is -2.41. The third-order valence-electron chi connectivity index (χ3n) is 4.73. The molecular formula is C18H24ClN3O3.